The highest BCUT2D eigenvalue weighted by Crippen LogP contribution is 2.00. The minimum atomic E-state index is 0.496. The molecule has 0 radical (unpaired) electrons. The summed E-state index contributed by atoms with van der Waals surface area (Å²) in [6.07, 6.45) is 1.85. The zero-order valence-electron chi connectivity index (χ0n) is 11.4. The van der Waals surface area contributed by atoms with E-state index in [4.69, 9.17) is 4.74 Å². The number of nitrogens with zero attached hydrogens (tertiary/aromatic N) is 2. The van der Waals surface area contributed by atoms with E-state index >= 15 is 0 Å². The van der Waals surface area contributed by atoms with E-state index in [2.05, 4.69) is 44.2 Å². The molecular formula is C13H25N3O. The monoisotopic (exact) mass is 239 g/mol. The van der Waals surface area contributed by atoms with Crippen LogP contribution in [-0.2, 0) is 17.8 Å². The van der Waals surface area contributed by atoms with Gasteiger partial charge in [-0.15, -0.1) is 0 Å². The maximum Gasteiger partial charge on any atom is 0.0662 e. The van der Waals surface area contributed by atoms with Crippen molar-refractivity contribution in [3.63, 3.8) is 0 Å². The summed E-state index contributed by atoms with van der Waals surface area (Å²) in [5, 5.41) is 7.70. The topological polar surface area (TPSA) is 39.1 Å². The SMILES string of the molecule is CC(C)COCCn1nccc1CNC(C)C. The second-order valence-corrected chi connectivity index (χ2v) is 5.05. The van der Waals surface area contributed by atoms with Crippen LogP contribution in [0.3, 0.4) is 0 Å². The first-order chi connectivity index (χ1) is 8.09. The molecule has 0 spiro atoms. The Balaban J connectivity index is 2.30. The molecule has 98 valence electrons. The van der Waals surface area contributed by atoms with Crippen molar-refractivity contribution in [1.29, 1.82) is 0 Å². The Morgan fingerprint density at radius 3 is 2.76 bits per heavy atom. The van der Waals surface area contributed by atoms with Gasteiger partial charge in [0.15, 0.2) is 0 Å². The Morgan fingerprint density at radius 1 is 1.35 bits per heavy atom. The van der Waals surface area contributed by atoms with Crippen molar-refractivity contribution >= 4 is 0 Å². The van der Waals surface area contributed by atoms with E-state index in [9.17, 15) is 0 Å². The second kappa shape index (κ2) is 7.45. The lowest BCUT2D eigenvalue weighted by atomic mass is 10.2. The highest BCUT2D eigenvalue weighted by atomic mass is 16.5. The summed E-state index contributed by atoms with van der Waals surface area (Å²) >= 11 is 0. The van der Waals surface area contributed by atoms with Gasteiger partial charge in [0.25, 0.3) is 0 Å². The quantitative estimate of drug-likeness (QED) is 0.706. The highest BCUT2D eigenvalue weighted by molar-refractivity contribution is 5.00. The van der Waals surface area contributed by atoms with Gasteiger partial charge in [-0.2, -0.15) is 5.10 Å². The summed E-state index contributed by atoms with van der Waals surface area (Å²) in [7, 11) is 0. The number of ether oxygens (including phenoxy) is 1. The van der Waals surface area contributed by atoms with Crippen molar-refractivity contribution < 1.29 is 4.74 Å². The van der Waals surface area contributed by atoms with E-state index in [0.29, 0.717) is 12.0 Å². The molecule has 0 aromatic carbocycles. The lowest BCUT2D eigenvalue weighted by molar-refractivity contribution is 0.100. The Morgan fingerprint density at radius 2 is 2.12 bits per heavy atom. The first-order valence-electron chi connectivity index (χ1n) is 6.41. The lowest BCUT2D eigenvalue weighted by Gasteiger charge is -2.11. The fraction of sp³-hybridized carbons (Fsp3) is 0.769. The molecule has 1 rings (SSSR count). The second-order valence-electron chi connectivity index (χ2n) is 5.05. The van der Waals surface area contributed by atoms with Crippen LogP contribution in [0.1, 0.15) is 33.4 Å². The summed E-state index contributed by atoms with van der Waals surface area (Å²) in [6, 6.07) is 2.55. The minimum Gasteiger partial charge on any atom is -0.379 e. The zero-order chi connectivity index (χ0) is 12.7. The van der Waals surface area contributed by atoms with Crippen LogP contribution in [0.4, 0.5) is 0 Å². The van der Waals surface area contributed by atoms with Gasteiger partial charge in [0.2, 0.25) is 0 Å². The van der Waals surface area contributed by atoms with Gasteiger partial charge in [-0.1, -0.05) is 27.7 Å². The molecule has 0 aliphatic rings. The molecule has 0 aliphatic carbocycles. The van der Waals surface area contributed by atoms with E-state index in [-0.39, 0.29) is 0 Å². The molecule has 0 aliphatic heterocycles. The molecule has 0 atom stereocenters. The van der Waals surface area contributed by atoms with Crippen LogP contribution < -0.4 is 5.32 Å². The van der Waals surface area contributed by atoms with Crippen LogP contribution in [0.5, 0.6) is 0 Å². The summed E-state index contributed by atoms with van der Waals surface area (Å²) in [4.78, 5) is 0. The molecule has 0 saturated heterocycles. The molecule has 0 saturated carbocycles. The summed E-state index contributed by atoms with van der Waals surface area (Å²) in [6.45, 7) is 11.8. The molecule has 4 nitrogen and oxygen atoms in total. The van der Waals surface area contributed by atoms with Gasteiger partial charge in [0.05, 0.1) is 18.8 Å². The highest BCUT2D eigenvalue weighted by Gasteiger charge is 2.03. The Labute approximate surface area is 104 Å². The largest absolute Gasteiger partial charge is 0.379 e. The number of aromatic nitrogens is 2. The molecule has 0 unspecified atom stereocenters. The summed E-state index contributed by atoms with van der Waals surface area (Å²) < 4.78 is 7.58. The normalized spacial score (nSPS) is 11.6. The Kier molecular flexibility index (Phi) is 6.22. The van der Waals surface area contributed by atoms with Crippen molar-refractivity contribution in [1.82, 2.24) is 15.1 Å². The average molecular weight is 239 g/mol. The van der Waals surface area contributed by atoms with Gasteiger partial charge < -0.3 is 10.1 Å². The van der Waals surface area contributed by atoms with E-state index in [0.717, 1.165) is 26.3 Å². The third-order valence-electron chi connectivity index (χ3n) is 2.39. The van der Waals surface area contributed by atoms with Gasteiger partial charge in [0, 0.05) is 25.4 Å². The molecule has 17 heavy (non-hydrogen) atoms. The molecule has 0 amide bonds. The van der Waals surface area contributed by atoms with Crippen LogP contribution in [0.15, 0.2) is 12.3 Å². The molecule has 1 N–H and O–H groups in total. The van der Waals surface area contributed by atoms with Crippen molar-refractivity contribution in [2.45, 2.75) is 46.8 Å². The van der Waals surface area contributed by atoms with Gasteiger partial charge in [0.1, 0.15) is 0 Å². The van der Waals surface area contributed by atoms with Crippen LogP contribution in [-0.4, -0.2) is 29.0 Å². The maximum absolute atomic E-state index is 5.57. The molecule has 4 heteroatoms. The average Bonchev–Trinajstić information content (AvgIpc) is 2.68. The lowest BCUT2D eigenvalue weighted by Crippen LogP contribution is -2.24. The Bertz CT molecular complexity index is 307. The third-order valence-corrected chi connectivity index (χ3v) is 2.39. The van der Waals surface area contributed by atoms with E-state index < -0.39 is 0 Å². The predicted octanol–water partition coefficient (Wildman–Crippen LogP) is 2.05. The number of hydrogen-bond acceptors (Lipinski definition) is 3. The molecular weight excluding hydrogens is 214 g/mol. The first kappa shape index (κ1) is 14.2. The Hall–Kier alpha value is -0.870. The van der Waals surface area contributed by atoms with Crippen LogP contribution in [0, 0.1) is 5.92 Å². The fourth-order valence-electron chi connectivity index (χ4n) is 1.49. The predicted molar refractivity (Wildman–Crippen MR) is 69.9 cm³/mol. The molecule has 0 fully saturated rings. The van der Waals surface area contributed by atoms with Crippen molar-refractivity contribution in [2.24, 2.45) is 5.92 Å². The first-order valence-corrected chi connectivity index (χ1v) is 6.41. The molecule has 1 aromatic heterocycles. The minimum absolute atomic E-state index is 0.496. The standard InChI is InChI=1S/C13H25N3O/c1-11(2)10-17-8-7-16-13(5-6-15-16)9-14-12(3)4/h5-6,11-12,14H,7-10H2,1-4H3. The van der Waals surface area contributed by atoms with Crippen LogP contribution in [0.25, 0.3) is 0 Å². The van der Waals surface area contributed by atoms with E-state index in [1.54, 1.807) is 0 Å². The number of nitrogens with one attached hydrogen (secondary N) is 1. The van der Waals surface area contributed by atoms with E-state index in [1.165, 1.54) is 5.69 Å². The van der Waals surface area contributed by atoms with Gasteiger partial charge in [-0.05, 0) is 12.0 Å². The third kappa shape index (κ3) is 5.84. The fourth-order valence-corrected chi connectivity index (χ4v) is 1.49. The maximum atomic E-state index is 5.57. The van der Waals surface area contributed by atoms with Gasteiger partial charge in [-0.3, -0.25) is 4.68 Å². The van der Waals surface area contributed by atoms with Crippen molar-refractivity contribution in [3.8, 4) is 0 Å². The van der Waals surface area contributed by atoms with Crippen LogP contribution in [0.2, 0.25) is 0 Å². The molecule has 0 bridgehead atoms. The molecule has 1 heterocycles. The van der Waals surface area contributed by atoms with Crippen molar-refractivity contribution in [2.75, 3.05) is 13.2 Å². The van der Waals surface area contributed by atoms with E-state index in [1.807, 2.05) is 10.9 Å². The number of hydrogen-bond donors (Lipinski definition) is 1. The van der Waals surface area contributed by atoms with Gasteiger partial charge >= 0.3 is 0 Å². The number of rotatable bonds is 8. The zero-order valence-corrected chi connectivity index (χ0v) is 11.4. The summed E-state index contributed by atoms with van der Waals surface area (Å²) in [5.74, 6) is 0.592. The summed E-state index contributed by atoms with van der Waals surface area (Å²) in [5.41, 5.74) is 1.21. The van der Waals surface area contributed by atoms with Gasteiger partial charge in [-0.25, -0.2) is 0 Å². The van der Waals surface area contributed by atoms with Crippen molar-refractivity contribution in [3.05, 3.63) is 18.0 Å². The molecule has 1 aromatic rings. The smallest absolute Gasteiger partial charge is 0.0662 e. The van der Waals surface area contributed by atoms with Crippen LogP contribution >= 0.6 is 0 Å².